The molecule has 0 unspecified atom stereocenters. The number of methoxy groups -OCH3 is 2. The second-order valence-corrected chi connectivity index (χ2v) is 14.6. The van der Waals surface area contributed by atoms with Gasteiger partial charge in [0.1, 0.15) is 17.1 Å². The highest BCUT2D eigenvalue weighted by molar-refractivity contribution is 6.74. The van der Waals surface area contributed by atoms with Crippen molar-refractivity contribution in [3.63, 3.8) is 0 Å². The molecular weight excluding hydrogens is 384 g/mol. The molecule has 0 fully saturated rings. The molecule has 2 atom stereocenters. The predicted octanol–water partition coefficient (Wildman–Crippen LogP) is 5.43. The quantitative estimate of drug-likeness (QED) is 0.433. The van der Waals surface area contributed by atoms with Gasteiger partial charge in [0.05, 0.1) is 20.3 Å². The summed E-state index contributed by atoms with van der Waals surface area (Å²) in [5.74, 6) is 1.52. The number of aryl methyl sites for hydroxylation is 1. The predicted molar refractivity (Wildman–Crippen MR) is 118 cm³/mol. The molecule has 0 aromatic heterocycles. The third-order valence-electron chi connectivity index (χ3n) is 6.51. The Morgan fingerprint density at radius 2 is 1.93 bits per heavy atom. The Morgan fingerprint density at radius 3 is 2.48 bits per heavy atom. The summed E-state index contributed by atoms with van der Waals surface area (Å²) in [7, 11) is 1.07. The zero-order chi connectivity index (χ0) is 22.0. The first kappa shape index (κ1) is 23.7. The first-order chi connectivity index (χ1) is 13.3. The molecule has 0 bridgehead atoms. The molecule has 1 aromatic carbocycles. The van der Waals surface area contributed by atoms with Crippen LogP contribution in [0.25, 0.3) is 0 Å². The van der Waals surface area contributed by atoms with E-state index >= 15 is 0 Å². The molecule has 0 spiro atoms. The van der Waals surface area contributed by atoms with Crippen LogP contribution in [0.5, 0.6) is 11.5 Å². The van der Waals surface area contributed by atoms with Gasteiger partial charge in [0.2, 0.25) is 0 Å². The van der Waals surface area contributed by atoms with E-state index in [2.05, 4.69) is 46.9 Å². The van der Waals surface area contributed by atoms with Gasteiger partial charge in [-0.15, -0.1) is 0 Å². The summed E-state index contributed by atoms with van der Waals surface area (Å²) in [5, 5.41) is 0.0687. The van der Waals surface area contributed by atoms with Crippen LogP contribution in [0.4, 0.5) is 0 Å². The Hall–Kier alpha value is -1.53. The van der Waals surface area contributed by atoms with Crippen LogP contribution in [0.15, 0.2) is 12.1 Å². The molecular formula is C23H38O5Si. The molecule has 0 amide bonds. The minimum Gasteiger partial charge on any atom is -0.496 e. The van der Waals surface area contributed by atoms with Crippen molar-refractivity contribution in [2.24, 2.45) is 0 Å². The molecule has 0 saturated carbocycles. The molecule has 2 rings (SSSR count). The van der Waals surface area contributed by atoms with E-state index in [0.717, 1.165) is 35.5 Å². The van der Waals surface area contributed by atoms with Crippen LogP contribution in [0.3, 0.4) is 0 Å². The van der Waals surface area contributed by atoms with Crippen LogP contribution in [-0.2, 0) is 20.4 Å². The molecule has 0 N–H and O–H groups in total. The standard InChI is InChI=1S/C23H38O5Si/c1-16-14-18(25-6)17-12-13-23(5,27-19(17)15-16)20(10-11-21(24)26-7)28-29(8,9)22(2,3)4/h14-15,20H,10-13H2,1-9H3/t20-,23+/m1/s1. The van der Waals surface area contributed by atoms with Gasteiger partial charge < -0.3 is 18.6 Å². The van der Waals surface area contributed by atoms with Crippen LogP contribution >= 0.6 is 0 Å². The second kappa shape index (κ2) is 8.68. The molecule has 0 aliphatic carbocycles. The van der Waals surface area contributed by atoms with Gasteiger partial charge in [-0.25, -0.2) is 0 Å². The molecule has 1 heterocycles. The molecule has 5 nitrogen and oxygen atoms in total. The van der Waals surface area contributed by atoms with Crippen LogP contribution in [-0.4, -0.2) is 40.2 Å². The zero-order valence-corrected chi connectivity index (χ0v) is 20.6. The maximum Gasteiger partial charge on any atom is 0.305 e. The van der Waals surface area contributed by atoms with E-state index in [4.69, 9.17) is 18.6 Å². The van der Waals surface area contributed by atoms with Gasteiger partial charge in [0.25, 0.3) is 0 Å². The lowest BCUT2D eigenvalue weighted by atomic mass is 9.85. The topological polar surface area (TPSA) is 54.0 Å². The fourth-order valence-electron chi connectivity index (χ4n) is 3.54. The summed E-state index contributed by atoms with van der Waals surface area (Å²) in [5.41, 5.74) is 1.69. The molecule has 1 aliphatic rings. The van der Waals surface area contributed by atoms with Crippen LogP contribution in [0.1, 0.15) is 58.1 Å². The summed E-state index contributed by atoms with van der Waals surface area (Å²) < 4.78 is 23.9. The number of carbonyl (C=O) groups excluding carboxylic acids is 1. The van der Waals surface area contributed by atoms with Gasteiger partial charge in [0, 0.05) is 12.0 Å². The van der Waals surface area contributed by atoms with Gasteiger partial charge in [0.15, 0.2) is 8.32 Å². The zero-order valence-electron chi connectivity index (χ0n) is 19.6. The summed E-state index contributed by atoms with van der Waals surface area (Å²) in [6.07, 6.45) is 2.36. The number of benzene rings is 1. The Balaban J connectivity index is 2.36. The van der Waals surface area contributed by atoms with Gasteiger partial charge in [-0.2, -0.15) is 0 Å². The fraction of sp³-hybridized carbons (Fsp3) is 0.696. The normalized spacial score (nSPS) is 20.4. The molecule has 1 aliphatic heterocycles. The van der Waals surface area contributed by atoms with Crippen LogP contribution < -0.4 is 9.47 Å². The summed E-state index contributed by atoms with van der Waals surface area (Å²) >= 11 is 0. The number of rotatable bonds is 7. The van der Waals surface area contributed by atoms with Crippen molar-refractivity contribution in [1.29, 1.82) is 0 Å². The second-order valence-electron chi connectivity index (χ2n) is 9.84. The summed E-state index contributed by atoms with van der Waals surface area (Å²) in [6, 6.07) is 4.12. The van der Waals surface area contributed by atoms with Crippen molar-refractivity contribution in [3.8, 4) is 11.5 Å². The highest BCUT2D eigenvalue weighted by Gasteiger charge is 2.47. The van der Waals surface area contributed by atoms with E-state index in [1.165, 1.54) is 7.11 Å². The molecule has 6 heteroatoms. The Morgan fingerprint density at radius 1 is 1.28 bits per heavy atom. The monoisotopic (exact) mass is 422 g/mol. The van der Waals surface area contributed by atoms with Crippen molar-refractivity contribution in [1.82, 2.24) is 0 Å². The summed E-state index contributed by atoms with van der Waals surface area (Å²) in [6.45, 7) is 15.3. The lowest BCUT2D eigenvalue weighted by Gasteiger charge is -2.47. The highest BCUT2D eigenvalue weighted by Crippen LogP contribution is 2.45. The molecule has 0 saturated heterocycles. The maximum absolute atomic E-state index is 11.9. The average Bonchev–Trinajstić information content (AvgIpc) is 2.62. The van der Waals surface area contributed by atoms with E-state index in [0.29, 0.717) is 12.8 Å². The molecule has 29 heavy (non-hydrogen) atoms. The van der Waals surface area contributed by atoms with Crippen LogP contribution in [0, 0.1) is 6.92 Å². The molecule has 0 radical (unpaired) electrons. The van der Waals surface area contributed by atoms with Crippen molar-refractivity contribution in [3.05, 3.63) is 23.3 Å². The minimum atomic E-state index is -2.06. The Labute approximate surface area is 177 Å². The number of esters is 1. The number of hydrogen-bond donors (Lipinski definition) is 0. The van der Waals surface area contributed by atoms with Crippen molar-refractivity contribution >= 4 is 14.3 Å². The third-order valence-corrected chi connectivity index (χ3v) is 11.0. The van der Waals surface area contributed by atoms with Gasteiger partial charge in [-0.1, -0.05) is 20.8 Å². The number of fused-ring (bicyclic) bond motifs is 1. The lowest BCUT2D eigenvalue weighted by Crippen LogP contribution is -2.55. The third kappa shape index (κ3) is 5.34. The van der Waals surface area contributed by atoms with Gasteiger partial charge >= 0.3 is 5.97 Å². The van der Waals surface area contributed by atoms with E-state index in [1.807, 2.05) is 13.0 Å². The SMILES string of the molecule is COC(=O)CC[C@@H](O[Si](C)(C)C(C)(C)C)[C@]1(C)CCc2c(OC)cc(C)cc2O1. The van der Waals surface area contributed by atoms with Gasteiger partial charge in [-0.3, -0.25) is 4.79 Å². The largest absolute Gasteiger partial charge is 0.496 e. The first-order valence-electron chi connectivity index (χ1n) is 10.4. The number of ether oxygens (including phenoxy) is 3. The van der Waals surface area contributed by atoms with E-state index in [-0.39, 0.29) is 17.1 Å². The molecule has 164 valence electrons. The Kier molecular flexibility index (Phi) is 7.11. The minimum absolute atomic E-state index is 0.0687. The number of carbonyl (C=O) groups is 1. The van der Waals surface area contributed by atoms with Crippen molar-refractivity contribution in [2.75, 3.05) is 14.2 Å². The summed E-state index contributed by atoms with van der Waals surface area (Å²) in [4.78, 5) is 11.9. The number of hydrogen-bond acceptors (Lipinski definition) is 5. The Bertz CT molecular complexity index is 738. The van der Waals surface area contributed by atoms with E-state index in [9.17, 15) is 4.79 Å². The van der Waals surface area contributed by atoms with E-state index < -0.39 is 13.9 Å². The van der Waals surface area contributed by atoms with Crippen LogP contribution in [0.2, 0.25) is 18.1 Å². The van der Waals surface area contributed by atoms with Crippen molar-refractivity contribution < 1.29 is 23.4 Å². The smallest absolute Gasteiger partial charge is 0.305 e. The average molecular weight is 423 g/mol. The molecule has 1 aromatic rings. The lowest BCUT2D eigenvalue weighted by molar-refractivity contribution is -0.142. The first-order valence-corrected chi connectivity index (χ1v) is 13.3. The van der Waals surface area contributed by atoms with Crippen molar-refractivity contribution in [2.45, 2.75) is 90.1 Å². The maximum atomic E-state index is 11.9. The van der Waals surface area contributed by atoms with Gasteiger partial charge in [-0.05, 0) is 68.9 Å². The fourth-order valence-corrected chi connectivity index (χ4v) is 4.98. The highest BCUT2D eigenvalue weighted by atomic mass is 28.4. The van der Waals surface area contributed by atoms with E-state index in [1.54, 1.807) is 7.11 Å².